The van der Waals surface area contributed by atoms with Crippen molar-refractivity contribution in [1.82, 2.24) is 19.6 Å². The average molecular weight is 288 g/mol. The van der Waals surface area contributed by atoms with Crippen molar-refractivity contribution in [3.05, 3.63) is 22.4 Å². The fraction of sp³-hybridized carbons (Fsp3) is 0.643. The van der Waals surface area contributed by atoms with E-state index in [-0.39, 0.29) is 5.69 Å². The molecule has 112 valence electrons. The first-order chi connectivity index (χ1) is 10.1. The van der Waals surface area contributed by atoms with Gasteiger partial charge in [-0.2, -0.15) is 5.10 Å². The topological polar surface area (TPSA) is 92.3 Å². The summed E-state index contributed by atoms with van der Waals surface area (Å²) in [7, 11) is 0. The van der Waals surface area contributed by atoms with Crippen molar-refractivity contribution in [3.63, 3.8) is 0 Å². The molecule has 1 aliphatic heterocycles. The van der Waals surface area contributed by atoms with Gasteiger partial charge in [0.2, 0.25) is 0 Å². The number of rotatable bonds is 1. The molecule has 2 aromatic rings. The Morgan fingerprint density at radius 2 is 2.14 bits per heavy atom. The Bertz CT molecular complexity index is 735. The molecule has 1 unspecified atom stereocenters. The van der Waals surface area contributed by atoms with Crippen molar-refractivity contribution >= 4 is 11.5 Å². The van der Waals surface area contributed by atoms with E-state index in [9.17, 15) is 4.79 Å². The standard InChI is InChI=1S/C14H20N6O/c1-8-16-12(5-13-17-18-14(21)20(8)13)19-6-9-2-3-11(15)4-10(9)7-19/h5,9-11H,2-4,6-7,15H2,1H3,(H,18,21)/t9-,10+,11?/m1/s1. The molecule has 7 heteroatoms. The van der Waals surface area contributed by atoms with Gasteiger partial charge in [-0.3, -0.25) is 0 Å². The summed E-state index contributed by atoms with van der Waals surface area (Å²) in [5.41, 5.74) is 6.49. The number of nitrogens with two attached hydrogens (primary N) is 1. The van der Waals surface area contributed by atoms with Crippen molar-refractivity contribution in [3.8, 4) is 0 Å². The smallest absolute Gasteiger partial charge is 0.349 e. The van der Waals surface area contributed by atoms with Crippen LogP contribution in [0.1, 0.15) is 25.1 Å². The molecule has 2 fully saturated rings. The van der Waals surface area contributed by atoms with Gasteiger partial charge in [-0.25, -0.2) is 19.3 Å². The Morgan fingerprint density at radius 3 is 3.00 bits per heavy atom. The molecule has 2 aliphatic rings. The largest absolute Gasteiger partial charge is 0.356 e. The first kappa shape index (κ1) is 12.8. The summed E-state index contributed by atoms with van der Waals surface area (Å²) in [6, 6.07) is 2.25. The number of nitrogens with one attached hydrogen (secondary N) is 1. The molecule has 7 nitrogen and oxygen atoms in total. The van der Waals surface area contributed by atoms with Crippen LogP contribution in [0, 0.1) is 18.8 Å². The van der Waals surface area contributed by atoms with E-state index in [4.69, 9.17) is 5.73 Å². The zero-order valence-corrected chi connectivity index (χ0v) is 12.1. The molecule has 21 heavy (non-hydrogen) atoms. The lowest BCUT2D eigenvalue weighted by Gasteiger charge is -2.27. The highest BCUT2D eigenvalue weighted by Crippen LogP contribution is 2.37. The minimum atomic E-state index is -0.234. The van der Waals surface area contributed by atoms with Gasteiger partial charge in [-0.15, -0.1) is 0 Å². The zero-order chi connectivity index (χ0) is 14.6. The second-order valence-corrected chi connectivity index (χ2v) is 6.38. The molecule has 4 rings (SSSR count). The predicted molar refractivity (Wildman–Crippen MR) is 79.4 cm³/mol. The Labute approximate surface area is 122 Å². The Balaban J connectivity index is 1.67. The highest BCUT2D eigenvalue weighted by molar-refractivity contribution is 5.52. The highest BCUT2D eigenvalue weighted by atomic mass is 16.1. The highest BCUT2D eigenvalue weighted by Gasteiger charge is 2.37. The Hall–Kier alpha value is -1.89. The number of hydrogen-bond donors (Lipinski definition) is 2. The van der Waals surface area contributed by atoms with Gasteiger partial charge < -0.3 is 10.6 Å². The molecule has 2 aromatic heterocycles. The number of fused-ring (bicyclic) bond motifs is 2. The van der Waals surface area contributed by atoms with Crippen LogP contribution in [-0.4, -0.2) is 38.7 Å². The summed E-state index contributed by atoms with van der Waals surface area (Å²) in [5.74, 6) is 2.99. The normalized spacial score (nSPS) is 29.0. The predicted octanol–water partition coefficient (Wildman–Crippen LogP) is 0.290. The number of aryl methyl sites for hydroxylation is 1. The molecule has 0 spiro atoms. The fourth-order valence-corrected chi connectivity index (χ4v) is 3.90. The summed E-state index contributed by atoms with van der Waals surface area (Å²) in [4.78, 5) is 18.6. The van der Waals surface area contributed by atoms with Gasteiger partial charge in [-0.1, -0.05) is 0 Å². The van der Waals surface area contributed by atoms with Crippen molar-refractivity contribution in [2.24, 2.45) is 17.6 Å². The number of nitrogens with zero attached hydrogens (tertiary/aromatic N) is 4. The lowest BCUT2D eigenvalue weighted by Crippen LogP contribution is -2.32. The second kappa shape index (κ2) is 4.56. The number of hydrogen-bond acceptors (Lipinski definition) is 5. The molecular formula is C14H20N6O. The first-order valence-corrected chi connectivity index (χ1v) is 7.57. The molecule has 3 N–H and O–H groups in total. The lowest BCUT2D eigenvalue weighted by molar-refractivity contribution is 0.271. The van der Waals surface area contributed by atoms with Crippen molar-refractivity contribution in [2.45, 2.75) is 32.2 Å². The van der Waals surface area contributed by atoms with Gasteiger partial charge in [-0.05, 0) is 38.0 Å². The SMILES string of the molecule is Cc1nc(N2C[C@H]3CCC(N)C[C@H]3C2)cc2n[nH]c(=O)n12. The van der Waals surface area contributed by atoms with E-state index in [0.717, 1.165) is 37.7 Å². The van der Waals surface area contributed by atoms with Gasteiger partial charge in [0.15, 0.2) is 5.65 Å². The van der Waals surface area contributed by atoms with Gasteiger partial charge in [0, 0.05) is 25.2 Å². The molecule has 1 aliphatic carbocycles. The molecule has 3 atom stereocenters. The van der Waals surface area contributed by atoms with Crippen LogP contribution in [0.15, 0.2) is 10.9 Å². The van der Waals surface area contributed by atoms with Gasteiger partial charge in [0.1, 0.15) is 11.6 Å². The number of H-pyrrole nitrogens is 1. The maximum atomic E-state index is 11.7. The van der Waals surface area contributed by atoms with Gasteiger partial charge in [0.05, 0.1) is 0 Å². The Kier molecular flexibility index (Phi) is 2.78. The second-order valence-electron chi connectivity index (χ2n) is 6.38. The van der Waals surface area contributed by atoms with Crippen LogP contribution >= 0.6 is 0 Å². The first-order valence-electron chi connectivity index (χ1n) is 7.57. The molecule has 0 radical (unpaired) electrons. The van der Waals surface area contributed by atoms with E-state index in [2.05, 4.69) is 20.1 Å². The molecule has 0 amide bonds. The Morgan fingerprint density at radius 1 is 1.33 bits per heavy atom. The summed E-state index contributed by atoms with van der Waals surface area (Å²) in [5, 5.41) is 6.53. The maximum Gasteiger partial charge on any atom is 0.349 e. The van der Waals surface area contributed by atoms with E-state index in [1.807, 2.05) is 13.0 Å². The van der Waals surface area contributed by atoms with Crippen molar-refractivity contribution in [2.75, 3.05) is 18.0 Å². The van der Waals surface area contributed by atoms with Crippen LogP contribution in [0.2, 0.25) is 0 Å². The van der Waals surface area contributed by atoms with Gasteiger partial charge in [0.25, 0.3) is 0 Å². The molecule has 0 bridgehead atoms. The van der Waals surface area contributed by atoms with Crippen LogP contribution in [0.25, 0.3) is 5.65 Å². The quantitative estimate of drug-likeness (QED) is 0.787. The van der Waals surface area contributed by atoms with Crippen LogP contribution in [-0.2, 0) is 0 Å². The monoisotopic (exact) mass is 288 g/mol. The fourth-order valence-electron chi connectivity index (χ4n) is 3.90. The van der Waals surface area contributed by atoms with Gasteiger partial charge >= 0.3 is 5.69 Å². The minimum absolute atomic E-state index is 0.234. The van der Waals surface area contributed by atoms with Crippen LogP contribution in [0.5, 0.6) is 0 Å². The average Bonchev–Trinajstić information content (AvgIpc) is 3.02. The van der Waals surface area contributed by atoms with E-state index >= 15 is 0 Å². The summed E-state index contributed by atoms with van der Waals surface area (Å²) >= 11 is 0. The molecule has 1 saturated heterocycles. The van der Waals surface area contributed by atoms with Crippen molar-refractivity contribution < 1.29 is 0 Å². The third-order valence-corrected chi connectivity index (χ3v) is 4.97. The lowest BCUT2D eigenvalue weighted by atomic mass is 9.79. The third kappa shape index (κ3) is 2.03. The van der Waals surface area contributed by atoms with Crippen LogP contribution in [0.4, 0.5) is 5.82 Å². The molecule has 3 heterocycles. The summed E-state index contributed by atoms with van der Waals surface area (Å²) in [6.45, 7) is 3.89. The molecular weight excluding hydrogens is 268 g/mol. The minimum Gasteiger partial charge on any atom is -0.356 e. The van der Waals surface area contributed by atoms with Crippen LogP contribution < -0.4 is 16.3 Å². The van der Waals surface area contributed by atoms with E-state index in [1.54, 1.807) is 0 Å². The third-order valence-electron chi connectivity index (χ3n) is 4.97. The maximum absolute atomic E-state index is 11.7. The number of aromatic nitrogens is 4. The van der Waals surface area contributed by atoms with E-state index < -0.39 is 0 Å². The van der Waals surface area contributed by atoms with Crippen molar-refractivity contribution in [1.29, 1.82) is 0 Å². The molecule has 1 saturated carbocycles. The number of aromatic amines is 1. The van der Waals surface area contributed by atoms with E-state index in [1.165, 1.54) is 10.8 Å². The van der Waals surface area contributed by atoms with E-state index in [0.29, 0.717) is 23.4 Å². The number of anilines is 1. The summed E-state index contributed by atoms with van der Waals surface area (Å²) < 4.78 is 1.50. The zero-order valence-electron chi connectivity index (χ0n) is 12.1. The van der Waals surface area contributed by atoms with Crippen LogP contribution in [0.3, 0.4) is 0 Å². The summed E-state index contributed by atoms with van der Waals surface area (Å²) in [6.07, 6.45) is 3.46. The molecule has 0 aromatic carbocycles.